The molecule has 1 aromatic heterocycles. The van der Waals surface area contributed by atoms with Gasteiger partial charge in [-0.2, -0.15) is 0 Å². The number of rotatable bonds is 2. The monoisotopic (exact) mass is 243 g/mol. The molecular formula is C10H14FN3O3. The highest BCUT2D eigenvalue weighted by atomic mass is 19.1. The summed E-state index contributed by atoms with van der Waals surface area (Å²) in [6.45, 7) is 0.894. The van der Waals surface area contributed by atoms with E-state index in [2.05, 4.69) is 4.98 Å². The first-order valence-corrected chi connectivity index (χ1v) is 5.32. The average molecular weight is 243 g/mol. The molecular weight excluding hydrogens is 229 g/mol. The summed E-state index contributed by atoms with van der Waals surface area (Å²) in [6, 6.07) is -0.441. The first-order chi connectivity index (χ1) is 8.02. The number of nitrogens with two attached hydrogens (primary N) is 1. The zero-order valence-electron chi connectivity index (χ0n) is 9.35. The van der Waals surface area contributed by atoms with Crippen LogP contribution in [0.4, 0.5) is 4.39 Å². The van der Waals surface area contributed by atoms with Gasteiger partial charge in [0.2, 0.25) is 0 Å². The molecule has 1 fully saturated rings. The van der Waals surface area contributed by atoms with Gasteiger partial charge in [0.25, 0.3) is 5.56 Å². The molecule has 1 aromatic rings. The van der Waals surface area contributed by atoms with Crippen LogP contribution in [0.25, 0.3) is 0 Å². The molecule has 7 heteroatoms. The fraction of sp³-hybridized carbons (Fsp3) is 0.600. The number of aromatic amines is 1. The molecule has 0 aromatic carbocycles. The van der Waals surface area contributed by atoms with Crippen molar-refractivity contribution >= 4 is 0 Å². The third kappa shape index (κ3) is 2.16. The van der Waals surface area contributed by atoms with E-state index in [1.807, 2.05) is 0 Å². The van der Waals surface area contributed by atoms with E-state index in [0.29, 0.717) is 12.0 Å². The lowest BCUT2D eigenvalue weighted by molar-refractivity contribution is -0.0130. The summed E-state index contributed by atoms with van der Waals surface area (Å²) in [5.41, 5.74) is 5.07. The smallest absolute Gasteiger partial charge is 0.330 e. The topological polar surface area (TPSA) is 90.1 Å². The second-order valence-corrected chi connectivity index (χ2v) is 4.16. The first kappa shape index (κ1) is 12.0. The van der Waals surface area contributed by atoms with Crippen LogP contribution >= 0.6 is 0 Å². The van der Waals surface area contributed by atoms with Crippen molar-refractivity contribution in [3.05, 3.63) is 32.6 Å². The molecule has 3 atom stereocenters. The van der Waals surface area contributed by atoms with Crippen molar-refractivity contribution in [2.45, 2.75) is 31.7 Å². The molecule has 17 heavy (non-hydrogen) atoms. The Morgan fingerprint density at radius 3 is 2.94 bits per heavy atom. The molecule has 0 bridgehead atoms. The number of aromatic nitrogens is 2. The average Bonchev–Trinajstić information content (AvgIpc) is 2.65. The van der Waals surface area contributed by atoms with Crippen LogP contribution in [0, 0.1) is 6.92 Å². The lowest BCUT2D eigenvalue weighted by Crippen LogP contribution is -2.33. The van der Waals surface area contributed by atoms with E-state index in [4.69, 9.17) is 10.5 Å². The quantitative estimate of drug-likeness (QED) is 0.727. The highest BCUT2D eigenvalue weighted by molar-refractivity contribution is 5.02. The second kappa shape index (κ2) is 4.42. The highest BCUT2D eigenvalue weighted by Crippen LogP contribution is 2.26. The first-order valence-electron chi connectivity index (χ1n) is 5.32. The zero-order valence-corrected chi connectivity index (χ0v) is 9.35. The van der Waals surface area contributed by atoms with Crippen LogP contribution in [0.1, 0.15) is 18.2 Å². The Hall–Kier alpha value is -1.47. The van der Waals surface area contributed by atoms with Crippen molar-refractivity contribution in [3.8, 4) is 0 Å². The van der Waals surface area contributed by atoms with E-state index in [0.717, 1.165) is 0 Å². The molecule has 0 spiro atoms. The molecule has 2 rings (SSSR count). The molecule has 0 radical (unpaired) electrons. The van der Waals surface area contributed by atoms with Crippen LogP contribution in [0.5, 0.6) is 0 Å². The Morgan fingerprint density at radius 2 is 2.35 bits per heavy atom. The molecule has 6 nitrogen and oxygen atoms in total. The second-order valence-electron chi connectivity index (χ2n) is 4.16. The summed E-state index contributed by atoms with van der Waals surface area (Å²) in [7, 11) is 0. The molecule has 0 unspecified atom stereocenters. The van der Waals surface area contributed by atoms with E-state index < -0.39 is 36.3 Å². The standard InChI is InChI=1S/C10H14FN3O3/c1-5-4-14(10(16)13-9(5)15)8-2-6(12)7(3-11)17-8/h4,6-8H,2-3,12H2,1H3,(H,13,15,16)/t6-,7-,8-/m1/s1. The minimum Gasteiger partial charge on any atom is -0.350 e. The van der Waals surface area contributed by atoms with Gasteiger partial charge in [0.1, 0.15) is 19.0 Å². The Labute approximate surface area is 96.2 Å². The summed E-state index contributed by atoms with van der Waals surface area (Å²) < 4.78 is 19.1. The molecule has 1 saturated heterocycles. The lowest BCUT2D eigenvalue weighted by atomic mass is 10.1. The van der Waals surface area contributed by atoms with Crippen molar-refractivity contribution in [1.29, 1.82) is 0 Å². The van der Waals surface area contributed by atoms with Crippen LogP contribution in [0.2, 0.25) is 0 Å². The SMILES string of the molecule is Cc1cn([C@H]2C[C@@H](N)[C@@H](CF)O2)c(=O)[nH]c1=O. The molecule has 1 aliphatic heterocycles. The summed E-state index contributed by atoms with van der Waals surface area (Å²) in [5, 5.41) is 0. The summed E-state index contributed by atoms with van der Waals surface area (Å²) in [6.07, 6.45) is 0.437. The molecule has 94 valence electrons. The number of aryl methyl sites for hydroxylation is 1. The minimum atomic E-state index is -0.695. The van der Waals surface area contributed by atoms with Gasteiger partial charge < -0.3 is 10.5 Å². The van der Waals surface area contributed by atoms with Crippen molar-refractivity contribution in [2.24, 2.45) is 5.73 Å². The largest absolute Gasteiger partial charge is 0.350 e. The molecule has 0 aliphatic carbocycles. The van der Waals surface area contributed by atoms with Gasteiger partial charge in [0.05, 0.1) is 0 Å². The molecule has 2 heterocycles. The van der Waals surface area contributed by atoms with Gasteiger partial charge in [-0.3, -0.25) is 14.3 Å². The third-order valence-corrected chi connectivity index (χ3v) is 2.89. The van der Waals surface area contributed by atoms with Gasteiger partial charge in [0.15, 0.2) is 0 Å². The molecule has 0 amide bonds. The number of nitrogens with one attached hydrogen (secondary N) is 1. The van der Waals surface area contributed by atoms with E-state index in [-0.39, 0.29) is 0 Å². The predicted molar refractivity (Wildman–Crippen MR) is 58.5 cm³/mol. The Morgan fingerprint density at radius 1 is 1.65 bits per heavy atom. The summed E-state index contributed by atoms with van der Waals surface area (Å²) >= 11 is 0. The Balaban J connectivity index is 2.34. The number of alkyl halides is 1. The predicted octanol–water partition coefficient (Wildman–Crippen LogP) is -0.571. The fourth-order valence-corrected chi connectivity index (χ4v) is 1.87. The van der Waals surface area contributed by atoms with Crippen LogP contribution in [-0.4, -0.2) is 28.4 Å². The van der Waals surface area contributed by atoms with Gasteiger partial charge in [-0.1, -0.05) is 0 Å². The Kier molecular flexibility index (Phi) is 3.12. The van der Waals surface area contributed by atoms with Gasteiger partial charge in [-0.25, -0.2) is 9.18 Å². The van der Waals surface area contributed by atoms with E-state index in [1.165, 1.54) is 10.8 Å². The van der Waals surface area contributed by atoms with Gasteiger partial charge in [0, 0.05) is 24.2 Å². The zero-order chi connectivity index (χ0) is 12.6. The highest BCUT2D eigenvalue weighted by Gasteiger charge is 2.34. The van der Waals surface area contributed by atoms with E-state index >= 15 is 0 Å². The van der Waals surface area contributed by atoms with Crippen LogP contribution in [0.3, 0.4) is 0 Å². The van der Waals surface area contributed by atoms with Crippen molar-refractivity contribution in [2.75, 3.05) is 6.67 Å². The third-order valence-electron chi connectivity index (χ3n) is 2.89. The summed E-state index contributed by atoms with van der Waals surface area (Å²) in [5.74, 6) is 0. The minimum absolute atomic E-state index is 0.347. The molecule has 0 saturated carbocycles. The number of hydrogen-bond acceptors (Lipinski definition) is 4. The Bertz CT molecular complexity index is 524. The normalized spacial score (nSPS) is 28.5. The van der Waals surface area contributed by atoms with E-state index in [1.54, 1.807) is 6.92 Å². The van der Waals surface area contributed by atoms with Crippen molar-refractivity contribution in [1.82, 2.24) is 9.55 Å². The maximum atomic E-state index is 12.5. The van der Waals surface area contributed by atoms with Crippen molar-refractivity contribution < 1.29 is 9.13 Å². The molecule has 3 N–H and O–H groups in total. The van der Waals surface area contributed by atoms with Crippen LogP contribution in [0.15, 0.2) is 15.8 Å². The maximum Gasteiger partial charge on any atom is 0.330 e. The number of nitrogens with zero attached hydrogens (tertiary/aromatic N) is 1. The van der Waals surface area contributed by atoms with Gasteiger partial charge in [-0.15, -0.1) is 0 Å². The van der Waals surface area contributed by atoms with E-state index in [9.17, 15) is 14.0 Å². The van der Waals surface area contributed by atoms with Gasteiger partial charge >= 0.3 is 5.69 Å². The number of H-pyrrole nitrogens is 1. The lowest BCUT2D eigenvalue weighted by Gasteiger charge is -2.14. The number of hydrogen-bond donors (Lipinski definition) is 2. The summed E-state index contributed by atoms with van der Waals surface area (Å²) in [4.78, 5) is 24.9. The maximum absolute atomic E-state index is 12.5. The van der Waals surface area contributed by atoms with Crippen LogP contribution in [-0.2, 0) is 4.74 Å². The van der Waals surface area contributed by atoms with Crippen molar-refractivity contribution in [3.63, 3.8) is 0 Å². The fourth-order valence-electron chi connectivity index (χ4n) is 1.87. The van der Waals surface area contributed by atoms with Crippen LogP contribution < -0.4 is 17.0 Å². The molecule has 1 aliphatic rings. The van der Waals surface area contributed by atoms with Gasteiger partial charge in [-0.05, 0) is 6.92 Å². The number of ether oxygens (including phenoxy) is 1. The number of halogens is 1.